The zero-order valence-corrected chi connectivity index (χ0v) is 10.6. The third-order valence-electron chi connectivity index (χ3n) is 3.19. The van der Waals surface area contributed by atoms with E-state index in [1.807, 2.05) is 18.2 Å². The second-order valence-corrected chi connectivity index (χ2v) is 4.84. The summed E-state index contributed by atoms with van der Waals surface area (Å²) in [5.74, 6) is -1.32. The van der Waals surface area contributed by atoms with Crippen molar-refractivity contribution in [2.24, 2.45) is 5.92 Å². The number of hydrogen-bond donors (Lipinski definition) is 1. The number of halogens is 1. The van der Waals surface area contributed by atoms with Crippen molar-refractivity contribution in [1.82, 2.24) is 4.90 Å². The van der Waals surface area contributed by atoms with Crippen LogP contribution in [0.4, 0.5) is 0 Å². The van der Waals surface area contributed by atoms with Gasteiger partial charge >= 0.3 is 5.97 Å². The number of aliphatic carboxylic acids is 1. The number of benzene rings is 1. The van der Waals surface area contributed by atoms with Crippen molar-refractivity contribution in [2.45, 2.75) is 12.8 Å². The lowest BCUT2D eigenvalue weighted by molar-refractivity contribution is -0.141. The molecule has 0 bridgehead atoms. The van der Waals surface area contributed by atoms with Gasteiger partial charge in [0, 0.05) is 18.1 Å². The molecule has 5 heteroatoms. The maximum Gasteiger partial charge on any atom is 0.308 e. The molecule has 4 nitrogen and oxygen atoms in total. The first-order chi connectivity index (χ1) is 8.58. The molecule has 2 rings (SSSR count). The highest BCUT2D eigenvalue weighted by atomic mass is 35.5. The molecular formula is C13H14ClNO3. The number of carbonyl (C=O) groups excluding carboxylic acids is 1. The standard InChI is InChI=1S/C13H14ClNO3/c14-11-4-2-1-3-9(11)7-12(16)15-6-5-10(8-15)13(17)18/h1-4,10H,5-8H2,(H,17,18)/t10-/m0/s1. The van der Waals surface area contributed by atoms with Crippen molar-refractivity contribution >= 4 is 23.5 Å². The van der Waals surface area contributed by atoms with Gasteiger partial charge in [-0.2, -0.15) is 0 Å². The molecule has 1 atom stereocenters. The lowest BCUT2D eigenvalue weighted by atomic mass is 10.1. The maximum atomic E-state index is 12.0. The first-order valence-electron chi connectivity index (χ1n) is 5.82. The second-order valence-electron chi connectivity index (χ2n) is 4.43. The molecular weight excluding hydrogens is 254 g/mol. The second kappa shape index (κ2) is 5.40. The van der Waals surface area contributed by atoms with E-state index in [0.717, 1.165) is 5.56 Å². The number of rotatable bonds is 3. The molecule has 1 fully saturated rings. The minimum absolute atomic E-state index is 0.0631. The van der Waals surface area contributed by atoms with Crippen LogP contribution in [0.25, 0.3) is 0 Å². The van der Waals surface area contributed by atoms with Gasteiger partial charge in [0.2, 0.25) is 5.91 Å². The first-order valence-corrected chi connectivity index (χ1v) is 6.19. The van der Waals surface area contributed by atoms with E-state index in [4.69, 9.17) is 16.7 Å². The topological polar surface area (TPSA) is 57.6 Å². The van der Waals surface area contributed by atoms with Crippen LogP contribution in [-0.4, -0.2) is 35.0 Å². The molecule has 1 saturated heterocycles. The van der Waals surface area contributed by atoms with E-state index in [-0.39, 0.29) is 12.3 Å². The average Bonchev–Trinajstić information content (AvgIpc) is 2.81. The van der Waals surface area contributed by atoms with Crippen LogP contribution < -0.4 is 0 Å². The lowest BCUT2D eigenvalue weighted by Gasteiger charge is -2.16. The fraction of sp³-hybridized carbons (Fsp3) is 0.385. The summed E-state index contributed by atoms with van der Waals surface area (Å²) in [5, 5.41) is 9.46. The van der Waals surface area contributed by atoms with Gasteiger partial charge in [0.1, 0.15) is 0 Å². The summed E-state index contributed by atoms with van der Waals surface area (Å²) < 4.78 is 0. The van der Waals surface area contributed by atoms with Crippen molar-refractivity contribution in [3.05, 3.63) is 34.9 Å². The van der Waals surface area contributed by atoms with Crippen LogP contribution in [-0.2, 0) is 16.0 Å². The molecule has 1 aliphatic rings. The third kappa shape index (κ3) is 2.82. The zero-order chi connectivity index (χ0) is 13.1. The molecule has 1 N–H and O–H groups in total. The van der Waals surface area contributed by atoms with Crippen LogP contribution in [0, 0.1) is 5.92 Å². The molecule has 1 aromatic carbocycles. The predicted molar refractivity (Wildman–Crippen MR) is 67.5 cm³/mol. The van der Waals surface area contributed by atoms with Crippen molar-refractivity contribution in [3.8, 4) is 0 Å². The normalized spacial score (nSPS) is 18.9. The van der Waals surface area contributed by atoms with Gasteiger partial charge in [0.05, 0.1) is 12.3 Å². The number of carboxylic acid groups (broad SMARTS) is 1. The number of nitrogens with zero attached hydrogens (tertiary/aromatic N) is 1. The highest BCUT2D eigenvalue weighted by Gasteiger charge is 2.30. The van der Waals surface area contributed by atoms with Gasteiger partial charge in [-0.25, -0.2) is 0 Å². The summed E-state index contributed by atoms with van der Waals surface area (Å²) in [4.78, 5) is 24.4. The van der Waals surface area contributed by atoms with Crippen LogP contribution in [0.2, 0.25) is 5.02 Å². The molecule has 0 spiro atoms. The van der Waals surface area contributed by atoms with Crippen LogP contribution in [0.15, 0.2) is 24.3 Å². The highest BCUT2D eigenvalue weighted by Crippen LogP contribution is 2.20. The van der Waals surface area contributed by atoms with Crippen LogP contribution in [0.5, 0.6) is 0 Å². The van der Waals surface area contributed by atoms with E-state index in [0.29, 0.717) is 24.5 Å². The maximum absolute atomic E-state index is 12.0. The predicted octanol–water partition coefficient (Wildman–Crippen LogP) is 1.82. The molecule has 96 valence electrons. The van der Waals surface area contributed by atoms with Crippen molar-refractivity contribution in [3.63, 3.8) is 0 Å². The van der Waals surface area contributed by atoms with E-state index in [1.54, 1.807) is 11.0 Å². The summed E-state index contributed by atoms with van der Waals surface area (Å²) in [6.07, 6.45) is 0.760. The average molecular weight is 268 g/mol. The van der Waals surface area contributed by atoms with Gasteiger partial charge in [-0.15, -0.1) is 0 Å². The molecule has 1 aliphatic heterocycles. The summed E-state index contributed by atoms with van der Waals surface area (Å²) >= 11 is 5.99. The van der Waals surface area contributed by atoms with E-state index < -0.39 is 11.9 Å². The fourth-order valence-electron chi connectivity index (χ4n) is 2.10. The van der Waals surface area contributed by atoms with Gasteiger partial charge in [0.15, 0.2) is 0 Å². The largest absolute Gasteiger partial charge is 0.481 e. The first kappa shape index (κ1) is 12.9. The van der Waals surface area contributed by atoms with Crippen molar-refractivity contribution < 1.29 is 14.7 Å². The van der Waals surface area contributed by atoms with Crippen molar-refractivity contribution in [2.75, 3.05) is 13.1 Å². The summed E-state index contributed by atoms with van der Waals surface area (Å²) in [6.45, 7) is 0.818. The van der Waals surface area contributed by atoms with Crippen molar-refractivity contribution in [1.29, 1.82) is 0 Å². The summed E-state index contributed by atoms with van der Waals surface area (Å²) in [6, 6.07) is 7.20. The molecule has 1 amide bonds. The van der Waals surface area contributed by atoms with Gasteiger partial charge in [-0.05, 0) is 18.1 Å². The monoisotopic (exact) mass is 267 g/mol. The molecule has 0 aliphatic carbocycles. The van der Waals surface area contributed by atoms with E-state index in [2.05, 4.69) is 0 Å². The Balaban J connectivity index is 1.98. The summed E-state index contributed by atoms with van der Waals surface area (Å²) in [5.41, 5.74) is 0.781. The minimum atomic E-state index is -0.831. The highest BCUT2D eigenvalue weighted by molar-refractivity contribution is 6.31. The molecule has 0 unspecified atom stereocenters. The Bertz CT molecular complexity index is 475. The van der Waals surface area contributed by atoms with Crippen LogP contribution in [0.1, 0.15) is 12.0 Å². The number of amides is 1. The Kier molecular flexibility index (Phi) is 3.87. The molecule has 18 heavy (non-hydrogen) atoms. The molecule has 0 saturated carbocycles. The van der Waals surface area contributed by atoms with Crippen LogP contribution >= 0.6 is 11.6 Å². The molecule has 0 radical (unpaired) electrons. The van der Waals surface area contributed by atoms with Gasteiger partial charge < -0.3 is 10.0 Å². The zero-order valence-electron chi connectivity index (χ0n) is 9.80. The SMILES string of the molecule is O=C(O)[C@H]1CCN(C(=O)Cc2ccccc2Cl)C1. The van der Waals surface area contributed by atoms with Gasteiger partial charge in [-0.3, -0.25) is 9.59 Å². The lowest BCUT2D eigenvalue weighted by Crippen LogP contribution is -2.31. The minimum Gasteiger partial charge on any atom is -0.481 e. The number of carbonyl (C=O) groups is 2. The quantitative estimate of drug-likeness (QED) is 0.909. The Labute approximate surface area is 110 Å². The Hall–Kier alpha value is -1.55. The fourth-order valence-corrected chi connectivity index (χ4v) is 2.31. The summed E-state index contributed by atoms with van der Waals surface area (Å²) in [7, 11) is 0. The number of carboxylic acids is 1. The Morgan fingerprint density at radius 1 is 1.39 bits per heavy atom. The Morgan fingerprint density at radius 2 is 2.11 bits per heavy atom. The smallest absolute Gasteiger partial charge is 0.308 e. The number of likely N-dealkylation sites (tertiary alicyclic amines) is 1. The van der Waals surface area contributed by atoms with E-state index in [9.17, 15) is 9.59 Å². The number of hydrogen-bond acceptors (Lipinski definition) is 2. The molecule has 1 aromatic rings. The van der Waals surface area contributed by atoms with E-state index >= 15 is 0 Å². The van der Waals surface area contributed by atoms with Gasteiger partial charge in [0.25, 0.3) is 0 Å². The van der Waals surface area contributed by atoms with E-state index in [1.165, 1.54) is 0 Å². The molecule has 0 aromatic heterocycles. The van der Waals surface area contributed by atoms with Crippen LogP contribution in [0.3, 0.4) is 0 Å². The Morgan fingerprint density at radius 3 is 2.72 bits per heavy atom. The molecule has 1 heterocycles. The van der Waals surface area contributed by atoms with Gasteiger partial charge in [-0.1, -0.05) is 29.8 Å². The third-order valence-corrected chi connectivity index (χ3v) is 3.56.